The second-order valence-corrected chi connectivity index (χ2v) is 5.79. The van der Waals surface area contributed by atoms with Crippen molar-refractivity contribution in [3.63, 3.8) is 0 Å². The Balaban J connectivity index is 1.67. The summed E-state index contributed by atoms with van der Waals surface area (Å²) in [5, 5.41) is 13.3. The Morgan fingerprint density at radius 1 is 0.917 bits per heavy atom. The number of carbonyl (C=O) groups excluding carboxylic acids is 1. The van der Waals surface area contributed by atoms with Gasteiger partial charge in [0.25, 0.3) is 5.91 Å². The van der Waals surface area contributed by atoms with Crippen LogP contribution in [0, 0.1) is 5.82 Å². The molecule has 2 aromatic carbocycles. The zero-order valence-electron chi connectivity index (χ0n) is 12.3. The van der Waals surface area contributed by atoms with Crippen molar-refractivity contribution in [1.82, 2.24) is 10.2 Å². The minimum absolute atomic E-state index is 0.286. The minimum Gasteiger partial charge on any atom is -0.336 e. The molecule has 3 aromatic rings. The number of nitrogens with zero attached hydrogens (tertiary/aromatic N) is 2. The Morgan fingerprint density at radius 3 is 2.25 bits per heavy atom. The lowest BCUT2D eigenvalue weighted by molar-refractivity contribution is 0.102. The number of anilines is 3. The maximum Gasteiger partial charge on any atom is 0.256 e. The zero-order valence-corrected chi connectivity index (χ0v) is 13.9. The number of hydrogen-bond donors (Lipinski definition) is 2. The number of rotatable bonds is 4. The van der Waals surface area contributed by atoms with Gasteiger partial charge in [0.15, 0.2) is 11.6 Å². The molecule has 0 radical (unpaired) electrons. The smallest absolute Gasteiger partial charge is 0.256 e. The molecule has 1 amide bonds. The van der Waals surface area contributed by atoms with Crippen molar-refractivity contribution in [2.75, 3.05) is 10.6 Å². The van der Waals surface area contributed by atoms with Gasteiger partial charge in [0.1, 0.15) is 5.82 Å². The number of aromatic nitrogens is 2. The number of benzene rings is 2. The van der Waals surface area contributed by atoms with Gasteiger partial charge in [0.05, 0.1) is 5.69 Å². The first-order chi connectivity index (χ1) is 11.6. The maximum atomic E-state index is 13.6. The van der Waals surface area contributed by atoms with E-state index in [1.54, 1.807) is 54.6 Å². The molecule has 2 N–H and O–H groups in total. The first-order valence-electron chi connectivity index (χ1n) is 7.04. The molecule has 0 aliphatic heterocycles. The lowest BCUT2D eigenvalue weighted by Gasteiger charge is -2.07. The van der Waals surface area contributed by atoms with Crippen LogP contribution in [0.2, 0.25) is 0 Å². The molecule has 0 aliphatic carbocycles. The highest BCUT2D eigenvalue weighted by Gasteiger charge is 2.08. The van der Waals surface area contributed by atoms with E-state index in [0.717, 1.165) is 4.47 Å². The monoisotopic (exact) mass is 386 g/mol. The number of amides is 1. The molecule has 3 rings (SSSR count). The van der Waals surface area contributed by atoms with Crippen molar-refractivity contribution < 1.29 is 9.18 Å². The SMILES string of the molecule is O=C(Nc1ccc(Nc2ccccc2F)nn1)c1ccc(Br)cc1. The number of halogens is 2. The van der Waals surface area contributed by atoms with Gasteiger partial charge in [-0.2, -0.15) is 0 Å². The summed E-state index contributed by atoms with van der Waals surface area (Å²) in [5.74, 6) is 0.0160. The molecule has 1 heterocycles. The van der Waals surface area contributed by atoms with Gasteiger partial charge in [-0.25, -0.2) is 4.39 Å². The van der Waals surface area contributed by atoms with Crippen molar-refractivity contribution in [3.05, 3.63) is 76.5 Å². The first kappa shape index (κ1) is 16.1. The molecule has 0 saturated carbocycles. The predicted octanol–water partition coefficient (Wildman–Crippen LogP) is 4.37. The summed E-state index contributed by atoms with van der Waals surface area (Å²) in [7, 11) is 0. The largest absolute Gasteiger partial charge is 0.336 e. The average Bonchev–Trinajstić information content (AvgIpc) is 2.59. The van der Waals surface area contributed by atoms with E-state index in [-0.39, 0.29) is 11.7 Å². The van der Waals surface area contributed by atoms with Crippen LogP contribution in [0.4, 0.5) is 21.7 Å². The van der Waals surface area contributed by atoms with Gasteiger partial charge in [-0.05, 0) is 48.5 Å². The molecular weight excluding hydrogens is 375 g/mol. The van der Waals surface area contributed by atoms with E-state index in [4.69, 9.17) is 0 Å². The van der Waals surface area contributed by atoms with Gasteiger partial charge in [0, 0.05) is 10.0 Å². The van der Waals surface area contributed by atoms with Crippen molar-refractivity contribution in [1.29, 1.82) is 0 Å². The summed E-state index contributed by atoms with van der Waals surface area (Å²) in [4.78, 5) is 12.1. The first-order valence-corrected chi connectivity index (χ1v) is 7.83. The second kappa shape index (κ2) is 7.18. The van der Waals surface area contributed by atoms with E-state index < -0.39 is 0 Å². The Bertz CT molecular complexity index is 853. The van der Waals surface area contributed by atoms with E-state index in [2.05, 4.69) is 36.8 Å². The summed E-state index contributed by atoms with van der Waals surface area (Å²) in [6, 6.07) is 16.4. The highest BCUT2D eigenvalue weighted by molar-refractivity contribution is 9.10. The molecule has 120 valence electrons. The third-order valence-corrected chi connectivity index (χ3v) is 3.68. The van der Waals surface area contributed by atoms with E-state index in [1.807, 2.05) is 0 Å². The van der Waals surface area contributed by atoms with E-state index in [9.17, 15) is 9.18 Å². The van der Waals surface area contributed by atoms with Crippen LogP contribution in [0.15, 0.2) is 65.1 Å². The summed E-state index contributed by atoms with van der Waals surface area (Å²) in [5.41, 5.74) is 0.812. The third kappa shape index (κ3) is 3.94. The summed E-state index contributed by atoms with van der Waals surface area (Å²) < 4.78 is 14.5. The summed E-state index contributed by atoms with van der Waals surface area (Å²) in [6.45, 7) is 0. The number of nitrogens with one attached hydrogen (secondary N) is 2. The Morgan fingerprint density at radius 2 is 1.58 bits per heavy atom. The Kier molecular flexibility index (Phi) is 4.81. The normalized spacial score (nSPS) is 10.2. The molecule has 7 heteroatoms. The Labute approximate surface area is 146 Å². The fourth-order valence-electron chi connectivity index (χ4n) is 1.96. The van der Waals surface area contributed by atoms with Crippen LogP contribution in [-0.2, 0) is 0 Å². The lowest BCUT2D eigenvalue weighted by Crippen LogP contribution is -2.13. The number of para-hydroxylation sites is 1. The van der Waals surface area contributed by atoms with Gasteiger partial charge < -0.3 is 10.6 Å². The predicted molar refractivity (Wildman–Crippen MR) is 93.8 cm³/mol. The quantitative estimate of drug-likeness (QED) is 0.698. The molecule has 0 aliphatic rings. The Hall–Kier alpha value is -2.80. The standard InChI is InChI=1S/C17H12BrFN4O/c18-12-7-5-11(6-8-12)17(24)21-16-10-9-15(22-23-16)20-14-4-2-1-3-13(14)19/h1-10H,(H,20,22)(H,21,23,24). The minimum atomic E-state index is -0.382. The molecule has 24 heavy (non-hydrogen) atoms. The number of hydrogen-bond acceptors (Lipinski definition) is 4. The molecule has 0 fully saturated rings. The van der Waals surface area contributed by atoms with Crippen molar-refractivity contribution >= 4 is 39.2 Å². The van der Waals surface area contributed by atoms with Crippen LogP contribution in [0.5, 0.6) is 0 Å². The van der Waals surface area contributed by atoms with E-state index in [0.29, 0.717) is 22.9 Å². The molecule has 0 bridgehead atoms. The molecule has 0 atom stereocenters. The van der Waals surface area contributed by atoms with Crippen LogP contribution in [0.3, 0.4) is 0 Å². The maximum absolute atomic E-state index is 13.6. The fraction of sp³-hybridized carbons (Fsp3) is 0. The molecule has 0 saturated heterocycles. The van der Waals surface area contributed by atoms with Crippen LogP contribution in [0.1, 0.15) is 10.4 Å². The van der Waals surface area contributed by atoms with Crippen molar-refractivity contribution in [2.24, 2.45) is 0 Å². The molecule has 5 nitrogen and oxygen atoms in total. The van der Waals surface area contributed by atoms with Gasteiger partial charge >= 0.3 is 0 Å². The highest BCUT2D eigenvalue weighted by atomic mass is 79.9. The lowest BCUT2D eigenvalue weighted by atomic mass is 10.2. The number of carbonyl (C=O) groups is 1. The molecule has 0 spiro atoms. The third-order valence-electron chi connectivity index (χ3n) is 3.15. The molecule has 1 aromatic heterocycles. The van der Waals surface area contributed by atoms with Crippen molar-refractivity contribution in [3.8, 4) is 0 Å². The van der Waals surface area contributed by atoms with Gasteiger partial charge in [-0.1, -0.05) is 28.1 Å². The van der Waals surface area contributed by atoms with Crippen LogP contribution in [0.25, 0.3) is 0 Å². The summed E-state index contributed by atoms with van der Waals surface area (Å²) >= 11 is 3.31. The van der Waals surface area contributed by atoms with Crippen LogP contribution in [-0.4, -0.2) is 16.1 Å². The van der Waals surface area contributed by atoms with E-state index in [1.165, 1.54) is 6.07 Å². The summed E-state index contributed by atoms with van der Waals surface area (Å²) in [6.07, 6.45) is 0. The fourth-order valence-corrected chi connectivity index (χ4v) is 2.22. The van der Waals surface area contributed by atoms with E-state index >= 15 is 0 Å². The van der Waals surface area contributed by atoms with Gasteiger partial charge in [-0.15, -0.1) is 10.2 Å². The zero-order chi connectivity index (χ0) is 16.9. The van der Waals surface area contributed by atoms with Crippen molar-refractivity contribution in [2.45, 2.75) is 0 Å². The second-order valence-electron chi connectivity index (χ2n) is 4.87. The van der Waals surface area contributed by atoms with Crippen LogP contribution >= 0.6 is 15.9 Å². The molecule has 0 unspecified atom stereocenters. The van der Waals surface area contributed by atoms with Crippen LogP contribution < -0.4 is 10.6 Å². The molecular formula is C17H12BrFN4O. The van der Waals surface area contributed by atoms with Gasteiger partial charge in [0.2, 0.25) is 0 Å². The topological polar surface area (TPSA) is 66.9 Å². The highest BCUT2D eigenvalue weighted by Crippen LogP contribution is 2.18. The van der Waals surface area contributed by atoms with Gasteiger partial charge in [-0.3, -0.25) is 4.79 Å². The average molecular weight is 387 g/mol.